The van der Waals surface area contributed by atoms with Gasteiger partial charge < -0.3 is 10.4 Å². The zero-order chi connectivity index (χ0) is 12.2. The third-order valence-corrected chi connectivity index (χ3v) is 3.04. The molecule has 0 radical (unpaired) electrons. The van der Waals surface area contributed by atoms with Crippen molar-refractivity contribution in [3.63, 3.8) is 0 Å². The van der Waals surface area contributed by atoms with Crippen molar-refractivity contribution in [2.45, 2.75) is 25.9 Å². The SMILES string of the molecule is CCNCCC(C)(O)c1cc(Br)ccc1F. The fraction of sp³-hybridized carbons (Fsp3) is 0.500. The molecular formula is C12H17BrFNO. The molecule has 90 valence electrons. The van der Waals surface area contributed by atoms with Gasteiger partial charge in [0.05, 0.1) is 5.60 Å². The Hall–Kier alpha value is -0.450. The van der Waals surface area contributed by atoms with Gasteiger partial charge >= 0.3 is 0 Å². The Bertz CT molecular complexity index is 355. The summed E-state index contributed by atoms with van der Waals surface area (Å²) in [6.45, 7) is 5.14. The first kappa shape index (κ1) is 13.6. The molecule has 2 N–H and O–H groups in total. The third-order valence-electron chi connectivity index (χ3n) is 2.55. The molecule has 1 unspecified atom stereocenters. The molecule has 1 aromatic rings. The van der Waals surface area contributed by atoms with Gasteiger partial charge in [0.2, 0.25) is 0 Å². The molecular weight excluding hydrogens is 273 g/mol. The van der Waals surface area contributed by atoms with Crippen LogP contribution >= 0.6 is 15.9 Å². The lowest BCUT2D eigenvalue weighted by atomic mass is 9.92. The summed E-state index contributed by atoms with van der Waals surface area (Å²) >= 11 is 3.28. The van der Waals surface area contributed by atoms with Crippen LogP contribution in [0.2, 0.25) is 0 Å². The Balaban J connectivity index is 2.83. The van der Waals surface area contributed by atoms with Gasteiger partial charge in [0.1, 0.15) is 5.82 Å². The first-order valence-electron chi connectivity index (χ1n) is 5.36. The Morgan fingerprint density at radius 2 is 2.19 bits per heavy atom. The van der Waals surface area contributed by atoms with Crippen molar-refractivity contribution in [1.29, 1.82) is 0 Å². The average Bonchev–Trinajstić information content (AvgIpc) is 2.22. The first-order valence-corrected chi connectivity index (χ1v) is 6.15. The molecule has 0 aliphatic carbocycles. The van der Waals surface area contributed by atoms with Gasteiger partial charge in [-0.3, -0.25) is 0 Å². The molecule has 0 saturated heterocycles. The summed E-state index contributed by atoms with van der Waals surface area (Å²) in [6, 6.07) is 4.61. The lowest BCUT2D eigenvalue weighted by Crippen LogP contribution is -2.28. The zero-order valence-electron chi connectivity index (χ0n) is 9.56. The Kier molecular flexibility index (Phi) is 4.89. The normalized spacial score (nSPS) is 14.8. The molecule has 0 aromatic heterocycles. The third kappa shape index (κ3) is 3.54. The molecule has 0 heterocycles. The summed E-state index contributed by atoms with van der Waals surface area (Å²) in [5.41, 5.74) is -0.810. The summed E-state index contributed by atoms with van der Waals surface area (Å²) in [7, 11) is 0. The minimum absolute atomic E-state index is 0.333. The minimum atomic E-state index is -1.14. The molecule has 1 rings (SSSR count). The molecule has 1 aromatic carbocycles. The fourth-order valence-electron chi connectivity index (χ4n) is 1.55. The summed E-state index contributed by atoms with van der Waals surface area (Å²) in [5.74, 6) is -0.371. The molecule has 0 bridgehead atoms. The topological polar surface area (TPSA) is 32.3 Å². The highest BCUT2D eigenvalue weighted by Crippen LogP contribution is 2.28. The molecule has 0 amide bonds. The first-order chi connectivity index (χ1) is 7.47. The molecule has 0 aliphatic heterocycles. The van der Waals surface area contributed by atoms with E-state index in [-0.39, 0.29) is 5.82 Å². The molecule has 0 fully saturated rings. The number of hydrogen-bond donors (Lipinski definition) is 2. The molecule has 0 aliphatic rings. The summed E-state index contributed by atoms with van der Waals surface area (Å²) in [4.78, 5) is 0. The van der Waals surface area contributed by atoms with Gasteiger partial charge in [-0.2, -0.15) is 0 Å². The van der Waals surface area contributed by atoms with Gasteiger partial charge in [-0.05, 0) is 44.6 Å². The highest BCUT2D eigenvalue weighted by atomic mass is 79.9. The fourth-order valence-corrected chi connectivity index (χ4v) is 1.91. The van der Waals surface area contributed by atoms with Crippen molar-refractivity contribution >= 4 is 15.9 Å². The van der Waals surface area contributed by atoms with Crippen LogP contribution in [0.1, 0.15) is 25.8 Å². The van der Waals surface area contributed by atoms with Crippen LogP contribution in [0.15, 0.2) is 22.7 Å². The predicted octanol–water partition coefficient (Wildman–Crippen LogP) is 2.80. The van der Waals surface area contributed by atoms with E-state index in [1.54, 1.807) is 19.1 Å². The van der Waals surface area contributed by atoms with Crippen molar-refractivity contribution < 1.29 is 9.50 Å². The second kappa shape index (κ2) is 5.75. The zero-order valence-corrected chi connectivity index (χ0v) is 11.1. The van der Waals surface area contributed by atoms with E-state index in [0.717, 1.165) is 11.0 Å². The number of benzene rings is 1. The van der Waals surface area contributed by atoms with Crippen molar-refractivity contribution in [3.8, 4) is 0 Å². The van der Waals surface area contributed by atoms with Crippen LogP contribution < -0.4 is 5.32 Å². The van der Waals surface area contributed by atoms with Gasteiger partial charge in [0, 0.05) is 10.0 Å². The molecule has 0 spiro atoms. The number of halogens is 2. The second-order valence-electron chi connectivity index (χ2n) is 4.00. The monoisotopic (exact) mass is 289 g/mol. The van der Waals surface area contributed by atoms with E-state index >= 15 is 0 Å². The van der Waals surface area contributed by atoms with Crippen LogP contribution in [0.25, 0.3) is 0 Å². The van der Waals surface area contributed by atoms with Crippen molar-refractivity contribution in [3.05, 3.63) is 34.1 Å². The van der Waals surface area contributed by atoms with E-state index in [1.807, 2.05) is 6.92 Å². The maximum absolute atomic E-state index is 13.6. The summed E-state index contributed by atoms with van der Waals surface area (Å²) in [6.07, 6.45) is 0.480. The smallest absolute Gasteiger partial charge is 0.129 e. The van der Waals surface area contributed by atoms with Gasteiger partial charge in [0.25, 0.3) is 0 Å². The Morgan fingerprint density at radius 1 is 1.50 bits per heavy atom. The lowest BCUT2D eigenvalue weighted by molar-refractivity contribution is 0.0444. The molecule has 0 saturated carbocycles. The Morgan fingerprint density at radius 3 is 2.81 bits per heavy atom. The van der Waals surface area contributed by atoms with Gasteiger partial charge in [-0.25, -0.2) is 4.39 Å². The average molecular weight is 290 g/mol. The van der Waals surface area contributed by atoms with E-state index in [4.69, 9.17) is 0 Å². The number of aliphatic hydroxyl groups is 1. The second-order valence-corrected chi connectivity index (χ2v) is 4.92. The van der Waals surface area contributed by atoms with E-state index in [2.05, 4.69) is 21.2 Å². The Labute approximate surface area is 104 Å². The number of rotatable bonds is 5. The molecule has 2 nitrogen and oxygen atoms in total. The predicted molar refractivity (Wildman–Crippen MR) is 66.8 cm³/mol. The summed E-state index contributed by atoms with van der Waals surface area (Å²) in [5, 5.41) is 13.3. The van der Waals surface area contributed by atoms with Crippen molar-refractivity contribution in [2.24, 2.45) is 0 Å². The number of nitrogens with one attached hydrogen (secondary N) is 1. The van der Waals surface area contributed by atoms with Crippen LogP contribution in [0, 0.1) is 5.82 Å². The van der Waals surface area contributed by atoms with Crippen molar-refractivity contribution in [2.75, 3.05) is 13.1 Å². The van der Waals surface area contributed by atoms with E-state index in [0.29, 0.717) is 18.5 Å². The van der Waals surface area contributed by atoms with Gasteiger partial charge in [0.15, 0.2) is 0 Å². The van der Waals surface area contributed by atoms with Crippen LogP contribution in [-0.4, -0.2) is 18.2 Å². The number of hydrogen-bond acceptors (Lipinski definition) is 2. The van der Waals surface area contributed by atoms with Crippen LogP contribution in [0.3, 0.4) is 0 Å². The maximum Gasteiger partial charge on any atom is 0.129 e. The van der Waals surface area contributed by atoms with E-state index in [1.165, 1.54) is 6.07 Å². The quantitative estimate of drug-likeness (QED) is 0.817. The molecule has 1 atom stereocenters. The largest absolute Gasteiger partial charge is 0.385 e. The van der Waals surface area contributed by atoms with Crippen molar-refractivity contribution in [1.82, 2.24) is 5.32 Å². The molecule has 16 heavy (non-hydrogen) atoms. The van der Waals surface area contributed by atoms with E-state index < -0.39 is 5.60 Å². The molecule has 4 heteroatoms. The van der Waals surface area contributed by atoms with E-state index in [9.17, 15) is 9.50 Å². The lowest BCUT2D eigenvalue weighted by Gasteiger charge is -2.24. The minimum Gasteiger partial charge on any atom is -0.385 e. The summed E-state index contributed by atoms with van der Waals surface area (Å²) < 4.78 is 14.3. The highest BCUT2D eigenvalue weighted by Gasteiger charge is 2.26. The highest BCUT2D eigenvalue weighted by molar-refractivity contribution is 9.10. The van der Waals surface area contributed by atoms with Gasteiger partial charge in [-0.15, -0.1) is 0 Å². The standard InChI is InChI=1S/C12H17BrFNO/c1-3-15-7-6-12(2,16)10-8-9(13)4-5-11(10)14/h4-5,8,15-16H,3,6-7H2,1-2H3. The van der Waals surface area contributed by atoms with Crippen LogP contribution in [-0.2, 0) is 5.60 Å². The van der Waals surface area contributed by atoms with Crippen LogP contribution in [0.5, 0.6) is 0 Å². The van der Waals surface area contributed by atoms with Crippen LogP contribution in [0.4, 0.5) is 4.39 Å². The van der Waals surface area contributed by atoms with Gasteiger partial charge in [-0.1, -0.05) is 22.9 Å². The maximum atomic E-state index is 13.6.